The van der Waals surface area contributed by atoms with E-state index < -0.39 is 0 Å². The second kappa shape index (κ2) is 5.35. The number of nitrogens with one attached hydrogen (secondary N) is 1. The zero-order valence-corrected chi connectivity index (χ0v) is 10.5. The monoisotopic (exact) mass is 244 g/mol. The van der Waals surface area contributed by atoms with Gasteiger partial charge in [-0.25, -0.2) is 0 Å². The quantitative estimate of drug-likeness (QED) is 0.805. The number of aromatic nitrogens is 2. The maximum absolute atomic E-state index is 5.86. The van der Waals surface area contributed by atoms with Crippen LogP contribution in [-0.2, 0) is 6.54 Å². The highest BCUT2D eigenvalue weighted by Crippen LogP contribution is 2.17. The lowest BCUT2D eigenvalue weighted by molar-refractivity contribution is 0.396. The van der Waals surface area contributed by atoms with Gasteiger partial charge < -0.3 is 15.8 Å². The molecule has 0 unspecified atom stereocenters. The molecule has 1 heterocycles. The van der Waals surface area contributed by atoms with Gasteiger partial charge in [0.05, 0.1) is 19.5 Å². The van der Waals surface area contributed by atoms with Crippen LogP contribution >= 0.6 is 0 Å². The van der Waals surface area contributed by atoms with Gasteiger partial charge in [-0.2, -0.15) is 4.98 Å². The van der Waals surface area contributed by atoms with Gasteiger partial charge in [0.25, 0.3) is 0 Å². The molecule has 0 bridgehead atoms. The molecule has 0 saturated heterocycles. The third-order valence-corrected chi connectivity index (χ3v) is 2.77. The van der Waals surface area contributed by atoms with Gasteiger partial charge in [0.2, 0.25) is 5.88 Å². The molecule has 1 aromatic heterocycles. The number of rotatable bonds is 4. The van der Waals surface area contributed by atoms with Gasteiger partial charge in [-0.15, -0.1) is 0 Å². The Morgan fingerprint density at radius 2 is 2.17 bits per heavy atom. The summed E-state index contributed by atoms with van der Waals surface area (Å²) in [5.41, 5.74) is 8.88. The van der Waals surface area contributed by atoms with Crippen LogP contribution in [0.4, 0.5) is 11.5 Å². The molecule has 0 saturated carbocycles. The van der Waals surface area contributed by atoms with Gasteiger partial charge in [0, 0.05) is 12.2 Å². The molecule has 5 nitrogen and oxygen atoms in total. The lowest BCUT2D eigenvalue weighted by Gasteiger charge is -2.10. The van der Waals surface area contributed by atoms with Crippen LogP contribution in [0.2, 0.25) is 0 Å². The summed E-state index contributed by atoms with van der Waals surface area (Å²) in [5, 5.41) is 3.19. The number of nitrogen functional groups attached to an aromatic ring is 1. The Balaban J connectivity index is 2.09. The second-order valence-corrected chi connectivity index (χ2v) is 3.93. The van der Waals surface area contributed by atoms with Crippen molar-refractivity contribution in [2.75, 3.05) is 18.2 Å². The number of ether oxygens (including phenoxy) is 1. The standard InChI is InChI=1S/C13H16N4O/c1-9-10(4-3-5-11(9)14)6-16-12-7-15-8-13(17-12)18-2/h3-5,7-8H,6,14H2,1-2H3,(H,16,17). The Morgan fingerprint density at radius 3 is 2.94 bits per heavy atom. The average molecular weight is 244 g/mol. The lowest BCUT2D eigenvalue weighted by atomic mass is 10.1. The van der Waals surface area contributed by atoms with Crippen LogP contribution in [0.5, 0.6) is 5.88 Å². The maximum Gasteiger partial charge on any atom is 0.233 e. The number of nitrogens with two attached hydrogens (primary N) is 1. The van der Waals surface area contributed by atoms with Gasteiger partial charge in [-0.05, 0) is 24.1 Å². The van der Waals surface area contributed by atoms with Crippen LogP contribution in [-0.4, -0.2) is 17.1 Å². The Hall–Kier alpha value is -2.30. The van der Waals surface area contributed by atoms with Gasteiger partial charge >= 0.3 is 0 Å². The van der Waals surface area contributed by atoms with Crippen molar-refractivity contribution in [2.45, 2.75) is 13.5 Å². The van der Waals surface area contributed by atoms with Crippen molar-refractivity contribution in [3.8, 4) is 5.88 Å². The van der Waals surface area contributed by atoms with Crippen LogP contribution in [0.1, 0.15) is 11.1 Å². The Labute approximate surface area is 106 Å². The van der Waals surface area contributed by atoms with Crippen LogP contribution in [0.3, 0.4) is 0 Å². The summed E-state index contributed by atoms with van der Waals surface area (Å²) in [6.07, 6.45) is 3.22. The minimum Gasteiger partial charge on any atom is -0.480 e. The minimum absolute atomic E-state index is 0.490. The van der Waals surface area contributed by atoms with E-state index in [1.807, 2.05) is 25.1 Å². The molecule has 5 heteroatoms. The zero-order valence-electron chi connectivity index (χ0n) is 10.5. The zero-order chi connectivity index (χ0) is 13.0. The van der Waals surface area contributed by atoms with E-state index in [-0.39, 0.29) is 0 Å². The molecular weight excluding hydrogens is 228 g/mol. The summed E-state index contributed by atoms with van der Waals surface area (Å²) in [6, 6.07) is 5.87. The van der Waals surface area contributed by atoms with Crippen LogP contribution < -0.4 is 15.8 Å². The summed E-state index contributed by atoms with van der Waals surface area (Å²) in [4.78, 5) is 8.26. The Kier molecular flexibility index (Phi) is 3.62. The number of anilines is 2. The van der Waals surface area contributed by atoms with Crippen molar-refractivity contribution >= 4 is 11.5 Å². The van der Waals surface area contributed by atoms with Crippen molar-refractivity contribution in [3.05, 3.63) is 41.7 Å². The van der Waals surface area contributed by atoms with E-state index in [1.165, 1.54) is 0 Å². The van der Waals surface area contributed by atoms with Gasteiger partial charge in [0.15, 0.2) is 0 Å². The van der Waals surface area contributed by atoms with E-state index in [9.17, 15) is 0 Å². The molecule has 2 rings (SSSR count). The van der Waals surface area contributed by atoms with Crippen LogP contribution in [0, 0.1) is 6.92 Å². The van der Waals surface area contributed by atoms with Crippen molar-refractivity contribution in [2.24, 2.45) is 0 Å². The predicted octanol–water partition coefficient (Wildman–Crippen LogP) is 1.99. The van der Waals surface area contributed by atoms with E-state index >= 15 is 0 Å². The molecular formula is C13H16N4O. The molecule has 0 aliphatic rings. The molecule has 0 atom stereocenters. The molecule has 0 radical (unpaired) electrons. The van der Waals surface area contributed by atoms with Crippen molar-refractivity contribution in [1.29, 1.82) is 0 Å². The fourth-order valence-electron chi connectivity index (χ4n) is 1.61. The maximum atomic E-state index is 5.86. The molecule has 0 fully saturated rings. The summed E-state index contributed by atoms with van der Waals surface area (Å²) < 4.78 is 5.02. The van der Waals surface area contributed by atoms with Crippen molar-refractivity contribution < 1.29 is 4.74 Å². The molecule has 0 amide bonds. The number of methoxy groups -OCH3 is 1. The summed E-state index contributed by atoms with van der Waals surface area (Å²) >= 11 is 0. The van der Waals surface area contributed by atoms with Gasteiger partial charge in [0.1, 0.15) is 5.82 Å². The Morgan fingerprint density at radius 1 is 1.33 bits per heavy atom. The Bertz CT molecular complexity index is 542. The van der Waals surface area contributed by atoms with E-state index in [2.05, 4.69) is 15.3 Å². The molecule has 0 spiro atoms. The lowest BCUT2D eigenvalue weighted by Crippen LogP contribution is -2.05. The minimum atomic E-state index is 0.490. The highest BCUT2D eigenvalue weighted by Gasteiger charge is 2.02. The van der Waals surface area contributed by atoms with Crippen LogP contribution in [0.25, 0.3) is 0 Å². The summed E-state index contributed by atoms with van der Waals surface area (Å²) in [7, 11) is 1.57. The number of benzene rings is 1. The summed E-state index contributed by atoms with van der Waals surface area (Å²) in [5.74, 6) is 1.17. The molecule has 0 aliphatic heterocycles. The number of nitrogens with zero attached hydrogens (tertiary/aromatic N) is 2. The first-order valence-corrected chi connectivity index (χ1v) is 5.64. The van der Waals surface area contributed by atoms with Gasteiger partial charge in [-0.3, -0.25) is 4.98 Å². The van der Waals surface area contributed by atoms with Crippen molar-refractivity contribution in [1.82, 2.24) is 9.97 Å². The SMILES string of the molecule is COc1cncc(NCc2cccc(N)c2C)n1. The topological polar surface area (TPSA) is 73.1 Å². The molecule has 3 N–H and O–H groups in total. The van der Waals surface area contributed by atoms with Crippen LogP contribution in [0.15, 0.2) is 30.6 Å². The normalized spacial score (nSPS) is 10.1. The molecule has 94 valence electrons. The molecule has 1 aromatic carbocycles. The largest absolute Gasteiger partial charge is 0.480 e. The number of hydrogen-bond acceptors (Lipinski definition) is 5. The first kappa shape index (κ1) is 12.2. The first-order valence-electron chi connectivity index (χ1n) is 5.64. The predicted molar refractivity (Wildman–Crippen MR) is 71.5 cm³/mol. The van der Waals surface area contributed by atoms with Crippen molar-refractivity contribution in [3.63, 3.8) is 0 Å². The van der Waals surface area contributed by atoms with E-state index in [4.69, 9.17) is 10.5 Å². The fourth-order valence-corrected chi connectivity index (χ4v) is 1.61. The van der Waals surface area contributed by atoms with Gasteiger partial charge in [-0.1, -0.05) is 12.1 Å². The van der Waals surface area contributed by atoms with E-state index in [0.717, 1.165) is 16.8 Å². The second-order valence-electron chi connectivity index (χ2n) is 3.93. The molecule has 18 heavy (non-hydrogen) atoms. The fraction of sp³-hybridized carbons (Fsp3) is 0.231. The van der Waals surface area contributed by atoms with E-state index in [1.54, 1.807) is 19.5 Å². The molecule has 2 aromatic rings. The smallest absolute Gasteiger partial charge is 0.233 e. The first-order chi connectivity index (χ1) is 8.70. The third-order valence-electron chi connectivity index (χ3n) is 2.77. The number of hydrogen-bond donors (Lipinski definition) is 2. The highest BCUT2D eigenvalue weighted by molar-refractivity contribution is 5.51. The average Bonchev–Trinajstić information content (AvgIpc) is 2.41. The third kappa shape index (κ3) is 2.68. The summed E-state index contributed by atoms with van der Waals surface area (Å²) in [6.45, 7) is 2.66. The van der Waals surface area contributed by atoms with E-state index in [0.29, 0.717) is 18.2 Å². The highest BCUT2D eigenvalue weighted by atomic mass is 16.5. The molecule has 0 aliphatic carbocycles.